The van der Waals surface area contributed by atoms with Crippen LogP contribution in [0.3, 0.4) is 0 Å². The van der Waals surface area contributed by atoms with Gasteiger partial charge in [0.1, 0.15) is 0 Å². The molecule has 2 rings (SSSR count). The topological polar surface area (TPSA) is 77.3 Å². The Kier molecular flexibility index (Phi) is 2.42. The van der Waals surface area contributed by atoms with Crippen LogP contribution in [0.2, 0.25) is 0 Å². The first kappa shape index (κ1) is 10.4. The van der Waals surface area contributed by atoms with Gasteiger partial charge in [-0.2, -0.15) is 4.99 Å². The average Bonchev–Trinajstić information content (AvgIpc) is 2.46. The first-order valence-electron chi connectivity index (χ1n) is 5.09. The molecule has 0 radical (unpaired) electrons. The van der Waals surface area contributed by atoms with Crippen molar-refractivity contribution in [2.75, 3.05) is 0 Å². The van der Waals surface area contributed by atoms with E-state index in [1.54, 1.807) is 11.3 Å². The third kappa shape index (κ3) is 1.97. The lowest BCUT2D eigenvalue weighted by Gasteiger charge is -2.27. The smallest absolute Gasteiger partial charge is 0.212 e. The van der Waals surface area contributed by atoms with E-state index < -0.39 is 0 Å². The Balaban J connectivity index is 2.42. The summed E-state index contributed by atoms with van der Waals surface area (Å²) in [6.07, 6.45) is 3.52. The number of aliphatic imine (C=N–C) groups is 1. The molecule has 0 aliphatic heterocycles. The van der Waals surface area contributed by atoms with Gasteiger partial charge in [-0.1, -0.05) is 25.2 Å². The minimum absolute atomic E-state index is 0.0823. The van der Waals surface area contributed by atoms with Crippen molar-refractivity contribution in [1.82, 2.24) is 4.98 Å². The van der Waals surface area contributed by atoms with Crippen LogP contribution in [0.15, 0.2) is 4.99 Å². The lowest BCUT2D eigenvalue weighted by Crippen LogP contribution is -2.23. The van der Waals surface area contributed by atoms with E-state index in [9.17, 15) is 0 Å². The van der Waals surface area contributed by atoms with E-state index in [2.05, 4.69) is 23.8 Å². The van der Waals surface area contributed by atoms with Gasteiger partial charge in [0.15, 0.2) is 5.96 Å². The number of aromatic nitrogens is 1. The second-order valence-corrected chi connectivity index (χ2v) is 5.60. The van der Waals surface area contributed by atoms with Crippen molar-refractivity contribution in [2.45, 2.75) is 38.5 Å². The molecule has 0 bridgehead atoms. The highest BCUT2D eigenvalue weighted by molar-refractivity contribution is 7.15. The van der Waals surface area contributed by atoms with Crippen molar-refractivity contribution in [3.8, 4) is 0 Å². The predicted octanol–water partition coefficient (Wildman–Crippen LogP) is 1.66. The Morgan fingerprint density at radius 2 is 2.20 bits per heavy atom. The number of nitrogens with zero attached hydrogens (tertiary/aromatic N) is 2. The normalized spacial score (nSPS) is 18.3. The molecule has 0 aromatic carbocycles. The van der Waals surface area contributed by atoms with E-state index in [0.717, 1.165) is 6.42 Å². The molecule has 4 nitrogen and oxygen atoms in total. The maximum Gasteiger partial charge on any atom is 0.212 e. The number of nitrogens with two attached hydrogens (primary N) is 2. The number of guanidine groups is 1. The highest BCUT2D eigenvalue weighted by Gasteiger charge is 2.31. The predicted molar refractivity (Wildman–Crippen MR) is 63.5 cm³/mol. The van der Waals surface area contributed by atoms with Gasteiger partial charge in [0.2, 0.25) is 5.13 Å². The molecular weight excluding hydrogens is 208 g/mol. The number of hydrogen-bond acceptors (Lipinski definition) is 3. The first-order chi connectivity index (χ1) is 6.99. The Labute approximate surface area is 93.4 Å². The molecule has 0 spiro atoms. The fourth-order valence-corrected chi connectivity index (χ4v) is 3.18. The molecule has 1 aromatic rings. The summed E-state index contributed by atoms with van der Waals surface area (Å²) in [6, 6.07) is 0. The summed E-state index contributed by atoms with van der Waals surface area (Å²) in [5.74, 6) is 0.0823. The molecule has 5 heteroatoms. The summed E-state index contributed by atoms with van der Waals surface area (Å²) in [5, 5.41) is 0.690. The van der Waals surface area contributed by atoms with Crippen LogP contribution in [0.25, 0.3) is 0 Å². The quantitative estimate of drug-likeness (QED) is 0.562. The number of aryl methyl sites for hydroxylation is 1. The highest BCUT2D eigenvalue weighted by Crippen LogP contribution is 2.40. The monoisotopic (exact) mass is 224 g/mol. The summed E-state index contributed by atoms with van der Waals surface area (Å²) in [7, 11) is 0. The van der Waals surface area contributed by atoms with Crippen LogP contribution >= 0.6 is 11.3 Å². The lowest BCUT2D eigenvalue weighted by atomic mass is 9.79. The molecule has 0 fully saturated rings. The maximum absolute atomic E-state index is 5.34. The van der Waals surface area contributed by atoms with E-state index in [-0.39, 0.29) is 11.4 Å². The molecule has 0 saturated heterocycles. The lowest BCUT2D eigenvalue weighted by molar-refractivity contribution is 0.424. The van der Waals surface area contributed by atoms with Crippen molar-refractivity contribution in [1.29, 1.82) is 0 Å². The zero-order chi connectivity index (χ0) is 11.1. The van der Waals surface area contributed by atoms with Crippen molar-refractivity contribution < 1.29 is 0 Å². The Morgan fingerprint density at radius 1 is 1.47 bits per heavy atom. The van der Waals surface area contributed by atoms with Crippen LogP contribution in [0.4, 0.5) is 5.13 Å². The van der Waals surface area contributed by atoms with E-state index >= 15 is 0 Å². The number of thiazole rings is 1. The third-order valence-corrected chi connectivity index (χ3v) is 3.77. The summed E-state index contributed by atoms with van der Waals surface area (Å²) in [6.45, 7) is 4.45. The van der Waals surface area contributed by atoms with Crippen LogP contribution in [0.1, 0.15) is 37.3 Å². The van der Waals surface area contributed by atoms with Gasteiger partial charge >= 0.3 is 0 Å². The Hall–Kier alpha value is -1.10. The molecule has 0 atom stereocenters. The van der Waals surface area contributed by atoms with Gasteiger partial charge in [-0.25, -0.2) is 4.98 Å². The van der Waals surface area contributed by atoms with Crippen molar-refractivity contribution in [3.63, 3.8) is 0 Å². The molecule has 82 valence electrons. The fourth-order valence-electron chi connectivity index (χ4n) is 2.01. The number of hydrogen-bond donors (Lipinski definition) is 2. The van der Waals surface area contributed by atoms with E-state index in [1.807, 2.05) is 0 Å². The van der Waals surface area contributed by atoms with E-state index in [1.165, 1.54) is 23.4 Å². The van der Waals surface area contributed by atoms with Crippen molar-refractivity contribution in [3.05, 3.63) is 10.6 Å². The van der Waals surface area contributed by atoms with Crippen LogP contribution in [-0.2, 0) is 11.8 Å². The Morgan fingerprint density at radius 3 is 2.80 bits per heavy atom. The molecule has 0 amide bonds. The number of fused-ring (bicyclic) bond motifs is 1. The van der Waals surface area contributed by atoms with Gasteiger partial charge in [0.25, 0.3) is 0 Å². The Bertz CT molecular complexity index is 402. The fraction of sp³-hybridized carbons (Fsp3) is 0.600. The molecule has 0 unspecified atom stereocenters. The molecule has 1 heterocycles. The van der Waals surface area contributed by atoms with Crippen LogP contribution in [-0.4, -0.2) is 10.9 Å². The minimum Gasteiger partial charge on any atom is -0.370 e. The van der Waals surface area contributed by atoms with Crippen LogP contribution in [0, 0.1) is 0 Å². The summed E-state index contributed by atoms with van der Waals surface area (Å²) >= 11 is 1.61. The maximum atomic E-state index is 5.34. The van der Waals surface area contributed by atoms with Gasteiger partial charge in [0, 0.05) is 10.3 Å². The molecule has 15 heavy (non-hydrogen) atoms. The zero-order valence-corrected chi connectivity index (χ0v) is 9.90. The second kappa shape index (κ2) is 3.48. The average molecular weight is 224 g/mol. The standard InChI is InChI=1S/C10H16N4S/c1-10(2)5-3-4-6-7(10)13-9(15-6)14-8(11)12/h3-5H2,1-2H3,(H4,11,12,13,14). The van der Waals surface area contributed by atoms with Gasteiger partial charge in [-0.15, -0.1) is 0 Å². The first-order valence-corrected chi connectivity index (χ1v) is 5.90. The second-order valence-electron chi connectivity index (χ2n) is 4.54. The molecular formula is C10H16N4S. The summed E-state index contributed by atoms with van der Waals surface area (Å²) in [5.41, 5.74) is 12.0. The van der Waals surface area contributed by atoms with Crippen LogP contribution in [0.5, 0.6) is 0 Å². The van der Waals surface area contributed by atoms with Crippen LogP contribution < -0.4 is 11.5 Å². The molecule has 0 saturated carbocycles. The molecule has 1 aliphatic rings. The van der Waals surface area contributed by atoms with E-state index in [4.69, 9.17) is 11.5 Å². The summed E-state index contributed by atoms with van der Waals surface area (Å²) in [4.78, 5) is 9.86. The zero-order valence-electron chi connectivity index (χ0n) is 9.08. The van der Waals surface area contributed by atoms with Gasteiger partial charge < -0.3 is 11.5 Å². The molecule has 1 aliphatic carbocycles. The summed E-state index contributed by atoms with van der Waals surface area (Å²) < 4.78 is 0. The molecule has 4 N–H and O–H groups in total. The molecule has 1 aromatic heterocycles. The van der Waals surface area contributed by atoms with Crippen molar-refractivity contribution in [2.24, 2.45) is 16.5 Å². The highest BCUT2D eigenvalue weighted by atomic mass is 32.1. The van der Waals surface area contributed by atoms with Gasteiger partial charge in [0.05, 0.1) is 5.69 Å². The largest absolute Gasteiger partial charge is 0.370 e. The number of rotatable bonds is 1. The van der Waals surface area contributed by atoms with Crippen molar-refractivity contribution >= 4 is 22.4 Å². The third-order valence-electron chi connectivity index (χ3n) is 2.76. The van der Waals surface area contributed by atoms with Gasteiger partial charge in [-0.05, 0) is 19.3 Å². The SMILES string of the molecule is CC1(C)CCCc2sc(N=C(N)N)nc21. The van der Waals surface area contributed by atoms with E-state index in [0.29, 0.717) is 5.13 Å². The van der Waals surface area contributed by atoms with Gasteiger partial charge in [-0.3, -0.25) is 0 Å². The minimum atomic E-state index is 0.0823.